The zero-order chi connectivity index (χ0) is 27.1. The molecular weight excluding hydrogens is 484 g/mol. The van der Waals surface area contributed by atoms with Crippen molar-refractivity contribution in [2.75, 3.05) is 26.2 Å². The van der Waals surface area contributed by atoms with E-state index < -0.39 is 18.2 Å². The van der Waals surface area contributed by atoms with Gasteiger partial charge in [0.25, 0.3) is 0 Å². The van der Waals surface area contributed by atoms with E-state index in [0.29, 0.717) is 17.1 Å². The summed E-state index contributed by atoms with van der Waals surface area (Å²) in [5.41, 5.74) is 2.84. The van der Waals surface area contributed by atoms with Crippen molar-refractivity contribution < 1.29 is 28.5 Å². The second-order valence-corrected chi connectivity index (χ2v) is 8.92. The number of carbonyl (C=O) groups excluding carboxylic acids is 2. The van der Waals surface area contributed by atoms with E-state index in [9.17, 15) is 9.59 Å². The van der Waals surface area contributed by atoms with E-state index in [4.69, 9.17) is 18.9 Å². The van der Waals surface area contributed by atoms with Gasteiger partial charge in [0.15, 0.2) is 0 Å². The quantitative estimate of drug-likeness (QED) is 0.409. The molecule has 0 aromatic heterocycles. The molecule has 3 atom stereocenters. The lowest BCUT2D eigenvalue weighted by Gasteiger charge is -2.44. The highest BCUT2D eigenvalue weighted by atomic mass is 16.5. The smallest absolute Gasteiger partial charge is 0.409 e. The first-order chi connectivity index (χ1) is 18.4. The Bertz CT molecular complexity index is 1260. The summed E-state index contributed by atoms with van der Waals surface area (Å²) in [6, 6.07) is 24.4. The molecule has 0 saturated carbocycles. The Morgan fingerprint density at radius 2 is 1.45 bits per heavy atom. The number of anilines is 1. The summed E-state index contributed by atoms with van der Waals surface area (Å²) in [5, 5.41) is 3.01. The molecule has 0 fully saturated rings. The van der Waals surface area contributed by atoms with Gasteiger partial charge in [-0.2, -0.15) is 0 Å². The highest BCUT2D eigenvalue weighted by Gasteiger charge is 2.41. The fourth-order valence-electron chi connectivity index (χ4n) is 4.60. The van der Waals surface area contributed by atoms with Gasteiger partial charge in [-0.3, -0.25) is 0 Å². The molecule has 8 heteroatoms. The minimum Gasteiger partial charge on any atom is -0.497 e. The fraction of sp³-hybridized carbons (Fsp3) is 0.267. The summed E-state index contributed by atoms with van der Waals surface area (Å²) in [7, 11) is 4.54. The molecule has 0 saturated heterocycles. The van der Waals surface area contributed by atoms with Gasteiger partial charge in [0, 0.05) is 17.5 Å². The van der Waals surface area contributed by atoms with Crippen molar-refractivity contribution in [3.63, 3.8) is 0 Å². The Kier molecular flexibility index (Phi) is 8.53. The van der Waals surface area contributed by atoms with Crippen LogP contribution in [-0.4, -0.2) is 39.6 Å². The lowest BCUT2D eigenvalue weighted by atomic mass is 9.80. The Morgan fingerprint density at radius 1 is 0.842 bits per heavy atom. The van der Waals surface area contributed by atoms with E-state index in [-0.39, 0.29) is 18.4 Å². The van der Waals surface area contributed by atoms with Gasteiger partial charge in [-0.15, -0.1) is 0 Å². The number of rotatable bonds is 8. The number of hydrogen-bond donors (Lipinski definition) is 1. The minimum atomic E-state index is -0.627. The second kappa shape index (κ2) is 12.2. The van der Waals surface area contributed by atoms with Crippen molar-refractivity contribution >= 4 is 17.7 Å². The van der Waals surface area contributed by atoms with E-state index in [0.717, 1.165) is 16.9 Å². The van der Waals surface area contributed by atoms with Gasteiger partial charge in [0.05, 0.1) is 21.3 Å². The third kappa shape index (κ3) is 5.91. The SMILES string of the molecule is COC(=O)C1=C[C@H](c2ccc(OC)cc2)[C@@H](C)[C@H](NC(=O)OCc2ccccc2)N1c1ccc(OC)cc1. The van der Waals surface area contributed by atoms with Crippen molar-refractivity contribution in [1.82, 2.24) is 5.32 Å². The molecule has 0 radical (unpaired) electrons. The van der Waals surface area contributed by atoms with Crippen molar-refractivity contribution in [2.24, 2.45) is 5.92 Å². The monoisotopic (exact) mass is 516 g/mol. The van der Waals surface area contributed by atoms with Gasteiger partial charge in [0.2, 0.25) is 0 Å². The number of esters is 1. The molecule has 198 valence electrons. The first-order valence-electron chi connectivity index (χ1n) is 12.3. The number of hydrogen-bond acceptors (Lipinski definition) is 7. The number of allylic oxidation sites excluding steroid dienone is 1. The molecule has 4 rings (SSSR count). The highest BCUT2D eigenvalue weighted by Crippen LogP contribution is 2.40. The number of amides is 1. The van der Waals surface area contributed by atoms with E-state index >= 15 is 0 Å². The van der Waals surface area contributed by atoms with Crippen molar-refractivity contribution in [1.29, 1.82) is 0 Å². The van der Waals surface area contributed by atoms with Crippen molar-refractivity contribution in [2.45, 2.75) is 25.6 Å². The zero-order valence-corrected chi connectivity index (χ0v) is 21.9. The number of nitrogens with one attached hydrogen (secondary N) is 1. The van der Waals surface area contributed by atoms with E-state index in [1.54, 1.807) is 31.3 Å². The molecule has 0 spiro atoms. The first kappa shape index (κ1) is 26.6. The lowest BCUT2D eigenvalue weighted by molar-refractivity contribution is -0.136. The highest BCUT2D eigenvalue weighted by molar-refractivity contribution is 5.94. The van der Waals surface area contributed by atoms with Crippen LogP contribution in [0.15, 0.2) is 90.6 Å². The van der Waals surface area contributed by atoms with Crippen LogP contribution >= 0.6 is 0 Å². The van der Waals surface area contributed by atoms with Crippen LogP contribution in [0.1, 0.15) is 24.0 Å². The zero-order valence-electron chi connectivity index (χ0n) is 21.9. The third-order valence-corrected chi connectivity index (χ3v) is 6.66. The van der Waals surface area contributed by atoms with Gasteiger partial charge in [-0.05, 0) is 53.6 Å². The predicted molar refractivity (Wildman–Crippen MR) is 144 cm³/mol. The summed E-state index contributed by atoms with van der Waals surface area (Å²) in [4.78, 5) is 27.9. The average Bonchev–Trinajstić information content (AvgIpc) is 2.97. The third-order valence-electron chi connectivity index (χ3n) is 6.66. The fourth-order valence-corrected chi connectivity index (χ4v) is 4.60. The summed E-state index contributed by atoms with van der Waals surface area (Å²) in [6.07, 6.45) is 0.664. The number of alkyl carbamates (subject to hydrolysis) is 1. The number of carbonyl (C=O) groups is 2. The largest absolute Gasteiger partial charge is 0.497 e. The Hall–Kier alpha value is -4.46. The first-order valence-corrected chi connectivity index (χ1v) is 12.3. The van der Waals surface area contributed by atoms with Crippen LogP contribution < -0.4 is 19.7 Å². The van der Waals surface area contributed by atoms with Crippen LogP contribution in [0.4, 0.5) is 10.5 Å². The van der Waals surface area contributed by atoms with Gasteiger partial charge in [0.1, 0.15) is 30.0 Å². The molecule has 8 nitrogen and oxygen atoms in total. The molecule has 3 aromatic rings. The van der Waals surface area contributed by atoms with E-state index in [1.807, 2.05) is 79.7 Å². The maximum Gasteiger partial charge on any atom is 0.409 e. The van der Waals surface area contributed by atoms with Crippen LogP contribution in [0.25, 0.3) is 0 Å². The predicted octanol–water partition coefficient (Wildman–Crippen LogP) is 5.25. The minimum absolute atomic E-state index is 0.123. The standard InChI is InChI=1S/C30H32N2O6/c1-20-26(22-10-14-24(35-2)15-11-22)18-27(29(33)37-4)32(23-12-16-25(36-3)17-13-23)28(20)31-30(34)38-19-21-8-6-5-7-9-21/h5-18,20,26,28H,19H2,1-4H3,(H,31,34)/t20-,26+,28-/m1/s1. The van der Waals surface area contributed by atoms with Gasteiger partial charge < -0.3 is 29.2 Å². The molecule has 0 unspecified atom stereocenters. The van der Waals surface area contributed by atoms with Crippen LogP contribution in [0.2, 0.25) is 0 Å². The molecule has 1 aliphatic rings. The summed E-state index contributed by atoms with van der Waals surface area (Å²) in [5.74, 6) is 0.515. The lowest BCUT2D eigenvalue weighted by Crippen LogP contribution is -2.56. The number of ether oxygens (including phenoxy) is 4. The molecule has 0 aliphatic carbocycles. The van der Waals surface area contributed by atoms with Crippen molar-refractivity contribution in [3.05, 3.63) is 102 Å². The number of nitrogens with zero attached hydrogens (tertiary/aromatic N) is 1. The molecule has 0 bridgehead atoms. The molecule has 1 N–H and O–H groups in total. The Balaban J connectivity index is 1.72. The topological polar surface area (TPSA) is 86.3 Å². The van der Waals surface area contributed by atoms with Gasteiger partial charge in [-0.1, -0.05) is 49.4 Å². The van der Waals surface area contributed by atoms with Crippen LogP contribution in [0.3, 0.4) is 0 Å². The number of benzene rings is 3. The van der Waals surface area contributed by atoms with Crippen LogP contribution in [0.5, 0.6) is 11.5 Å². The number of methoxy groups -OCH3 is 3. The molecule has 3 aromatic carbocycles. The molecule has 1 amide bonds. The Morgan fingerprint density at radius 3 is 2.03 bits per heavy atom. The Labute approximate surface area is 222 Å². The normalized spacial score (nSPS) is 18.7. The summed E-state index contributed by atoms with van der Waals surface area (Å²) < 4.78 is 21.3. The molecular formula is C30H32N2O6. The maximum atomic E-state index is 13.1. The summed E-state index contributed by atoms with van der Waals surface area (Å²) >= 11 is 0. The molecule has 1 aliphatic heterocycles. The van der Waals surface area contributed by atoms with Crippen molar-refractivity contribution in [3.8, 4) is 11.5 Å². The van der Waals surface area contributed by atoms with Gasteiger partial charge in [-0.25, -0.2) is 9.59 Å². The molecule has 1 heterocycles. The average molecular weight is 517 g/mol. The van der Waals surface area contributed by atoms with E-state index in [1.165, 1.54) is 7.11 Å². The van der Waals surface area contributed by atoms with Crippen LogP contribution in [-0.2, 0) is 20.9 Å². The summed E-state index contributed by atoms with van der Waals surface area (Å²) in [6.45, 7) is 2.15. The van der Waals surface area contributed by atoms with E-state index in [2.05, 4.69) is 5.32 Å². The van der Waals surface area contributed by atoms with Crippen LogP contribution in [0, 0.1) is 5.92 Å². The van der Waals surface area contributed by atoms with Gasteiger partial charge >= 0.3 is 12.1 Å². The second-order valence-electron chi connectivity index (χ2n) is 8.92. The molecule has 38 heavy (non-hydrogen) atoms. The maximum absolute atomic E-state index is 13.1.